The lowest BCUT2D eigenvalue weighted by molar-refractivity contribution is -0.147. The molecule has 120 valence electrons. The third kappa shape index (κ3) is 7.04. The Bertz CT molecular complexity index is 486. The van der Waals surface area contributed by atoms with Crippen LogP contribution in [-0.2, 0) is 14.3 Å². The van der Waals surface area contributed by atoms with E-state index in [1.54, 1.807) is 13.0 Å². The van der Waals surface area contributed by atoms with E-state index in [0.29, 0.717) is 19.6 Å². The van der Waals surface area contributed by atoms with Gasteiger partial charge in [-0.15, -0.1) is 0 Å². The summed E-state index contributed by atoms with van der Waals surface area (Å²) in [6.07, 6.45) is 5.23. The summed E-state index contributed by atoms with van der Waals surface area (Å²) in [5, 5.41) is 2.69. The third-order valence-corrected chi connectivity index (χ3v) is 3.06. The fourth-order valence-corrected chi connectivity index (χ4v) is 1.94. The largest absolute Gasteiger partial charge is 0.464 e. The van der Waals surface area contributed by atoms with Crippen LogP contribution in [0.15, 0.2) is 36.4 Å². The van der Waals surface area contributed by atoms with Gasteiger partial charge in [0.25, 0.3) is 0 Å². The average Bonchev–Trinajstić information content (AvgIpc) is 2.53. The van der Waals surface area contributed by atoms with Crippen molar-refractivity contribution >= 4 is 18.0 Å². The summed E-state index contributed by atoms with van der Waals surface area (Å²) in [7, 11) is 0. The van der Waals surface area contributed by atoms with Gasteiger partial charge in [-0.2, -0.15) is 0 Å². The SMILES string of the molecule is CCOC(=O)[C@H](CCCCN)NC(=O)C=Cc1ccccc1. The second kappa shape index (κ2) is 10.6. The zero-order valence-electron chi connectivity index (χ0n) is 13.0. The predicted molar refractivity (Wildman–Crippen MR) is 86.9 cm³/mol. The number of nitrogens with two attached hydrogens (primary N) is 1. The highest BCUT2D eigenvalue weighted by molar-refractivity contribution is 5.94. The predicted octanol–water partition coefficient (Wildman–Crippen LogP) is 1.88. The van der Waals surface area contributed by atoms with Crippen LogP contribution in [-0.4, -0.2) is 31.1 Å². The molecular formula is C17H24N2O3. The Morgan fingerprint density at radius 1 is 1.27 bits per heavy atom. The quantitative estimate of drug-likeness (QED) is 0.414. The highest BCUT2D eigenvalue weighted by Gasteiger charge is 2.20. The van der Waals surface area contributed by atoms with Crippen molar-refractivity contribution in [2.75, 3.05) is 13.2 Å². The second-order valence-corrected chi connectivity index (χ2v) is 4.84. The standard InChI is InChI=1S/C17H24N2O3/c1-2-22-17(21)15(10-6-7-13-18)19-16(20)12-11-14-8-4-3-5-9-14/h3-5,8-9,11-12,15H,2,6-7,10,13,18H2,1H3,(H,19,20)/t15-/m0/s1. The lowest BCUT2D eigenvalue weighted by atomic mass is 10.1. The van der Waals surface area contributed by atoms with Crippen molar-refractivity contribution in [3.63, 3.8) is 0 Å². The summed E-state index contributed by atoms with van der Waals surface area (Å²) < 4.78 is 4.99. The first kappa shape index (κ1) is 17.9. The molecule has 0 aliphatic rings. The fourth-order valence-electron chi connectivity index (χ4n) is 1.94. The van der Waals surface area contributed by atoms with Gasteiger partial charge < -0.3 is 15.8 Å². The number of carbonyl (C=O) groups excluding carboxylic acids is 2. The molecule has 0 aromatic heterocycles. The van der Waals surface area contributed by atoms with Crippen LogP contribution < -0.4 is 11.1 Å². The maximum atomic E-state index is 11.9. The molecule has 0 saturated carbocycles. The van der Waals surface area contributed by atoms with Crippen LogP contribution in [0.3, 0.4) is 0 Å². The Kier molecular flexibility index (Phi) is 8.60. The summed E-state index contributed by atoms with van der Waals surface area (Å²) in [6.45, 7) is 2.60. The van der Waals surface area contributed by atoms with E-state index >= 15 is 0 Å². The maximum absolute atomic E-state index is 11.9. The van der Waals surface area contributed by atoms with Gasteiger partial charge in [0.2, 0.25) is 5.91 Å². The number of carbonyl (C=O) groups is 2. The molecule has 1 rings (SSSR count). The van der Waals surface area contributed by atoms with Gasteiger partial charge in [0.05, 0.1) is 6.61 Å². The molecule has 0 radical (unpaired) electrons. The van der Waals surface area contributed by atoms with Gasteiger partial charge in [-0.25, -0.2) is 4.79 Å². The number of esters is 1. The molecule has 1 atom stereocenters. The minimum absolute atomic E-state index is 0.294. The lowest BCUT2D eigenvalue weighted by Gasteiger charge is -2.16. The Morgan fingerprint density at radius 3 is 2.64 bits per heavy atom. The molecule has 0 fully saturated rings. The third-order valence-electron chi connectivity index (χ3n) is 3.06. The van der Waals surface area contributed by atoms with Crippen molar-refractivity contribution in [2.24, 2.45) is 5.73 Å². The number of nitrogens with one attached hydrogen (secondary N) is 1. The zero-order valence-corrected chi connectivity index (χ0v) is 13.0. The Balaban J connectivity index is 2.57. The van der Waals surface area contributed by atoms with E-state index in [1.165, 1.54) is 6.08 Å². The molecule has 0 aliphatic carbocycles. The van der Waals surface area contributed by atoms with Crippen molar-refractivity contribution in [3.8, 4) is 0 Å². The molecule has 5 heteroatoms. The molecule has 5 nitrogen and oxygen atoms in total. The fraction of sp³-hybridized carbons (Fsp3) is 0.412. The summed E-state index contributed by atoms with van der Waals surface area (Å²) in [5.41, 5.74) is 6.37. The van der Waals surface area contributed by atoms with E-state index in [0.717, 1.165) is 18.4 Å². The van der Waals surface area contributed by atoms with E-state index in [1.807, 2.05) is 30.3 Å². The number of ether oxygens (including phenoxy) is 1. The topological polar surface area (TPSA) is 81.4 Å². The highest BCUT2D eigenvalue weighted by atomic mass is 16.5. The first-order chi connectivity index (χ1) is 10.7. The van der Waals surface area contributed by atoms with Gasteiger partial charge in [0.1, 0.15) is 6.04 Å². The first-order valence-electron chi connectivity index (χ1n) is 7.57. The van der Waals surface area contributed by atoms with Gasteiger partial charge in [-0.05, 0) is 44.4 Å². The summed E-state index contributed by atoms with van der Waals surface area (Å²) in [6, 6.07) is 8.87. The number of rotatable bonds is 9. The molecule has 0 heterocycles. The van der Waals surface area contributed by atoms with Gasteiger partial charge in [-0.1, -0.05) is 30.3 Å². The minimum Gasteiger partial charge on any atom is -0.464 e. The van der Waals surface area contributed by atoms with Crippen molar-refractivity contribution in [1.82, 2.24) is 5.32 Å². The van der Waals surface area contributed by atoms with Crippen molar-refractivity contribution < 1.29 is 14.3 Å². The van der Waals surface area contributed by atoms with Crippen LogP contribution in [0, 0.1) is 0 Å². The van der Waals surface area contributed by atoms with Crippen molar-refractivity contribution in [2.45, 2.75) is 32.2 Å². The Morgan fingerprint density at radius 2 is 2.00 bits per heavy atom. The van der Waals surface area contributed by atoms with Crippen LogP contribution in [0.4, 0.5) is 0 Å². The van der Waals surface area contributed by atoms with Crippen LogP contribution in [0.2, 0.25) is 0 Å². The van der Waals surface area contributed by atoms with Crippen LogP contribution in [0.25, 0.3) is 6.08 Å². The molecule has 0 spiro atoms. The summed E-state index contributed by atoms with van der Waals surface area (Å²) in [5.74, 6) is -0.712. The maximum Gasteiger partial charge on any atom is 0.328 e. The Hall–Kier alpha value is -2.14. The molecular weight excluding hydrogens is 280 g/mol. The zero-order chi connectivity index (χ0) is 16.2. The van der Waals surface area contributed by atoms with Gasteiger partial charge in [-0.3, -0.25) is 4.79 Å². The van der Waals surface area contributed by atoms with E-state index in [9.17, 15) is 9.59 Å². The second-order valence-electron chi connectivity index (χ2n) is 4.84. The number of benzene rings is 1. The highest BCUT2D eigenvalue weighted by Crippen LogP contribution is 2.04. The summed E-state index contributed by atoms with van der Waals surface area (Å²) >= 11 is 0. The Labute approximate surface area is 131 Å². The molecule has 0 aliphatic heterocycles. The van der Waals surface area contributed by atoms with Crippen LogP contribution in [0.1, 0.15) is 31.7 Å². The minimum atomic E-state index is -0.626. The number of hydrogen-bond acceptors (Lipinski definition) is 4. The van der Waals surface area contributed by atoms with E-state index < -0.39 is 12.0 Å². The van der Waals surface area contributed by atoms with E-state index in [4.69, 9.17) is 10.5 Å². The van der Waals surface area contributed by atoms with Gasteiger partial charge in [0.15, 0.2) is 0 Å². The molecule has 0 unspecified atom stereocenters. The molecule has 1 aromatic carbocycles. The normalized spacial score (nSPS) is 12.1. The average molecular weight is 304 g/mol. The van der Waals surface area contributed by atoms with Gasteiger partial charge in [0, 0.05) is 6.08 Å². The first-order valence-corrected chi connectivity index (χ1v) is 7.57. The molecule has 22 heavy (non-hydrogen) atoms. The number of unbranched alkanes of at least 4 members (excludes halogenated alkanes) is 1. The molecule has 1 amide bonds. The molecule has 0 bridgehead atoms. The van der Waals surface area contributed by atoms with Crippen molar-refractivity contribution in [1.29, 1.82) is 0 Å². The summed E-state index contributed by atoms with van der Waals surface area (Å²) in [4.78, 5) is 23.8. The molecule has 0 saturated heterocycles. The van der Waals surface area contributed by atoms with Gasteiger partial charge >= 0.3 is 5.97 Å². The number of hydrogen-bond donors (Lipinski definition) is 2. The smallest absolute Gasteiger partial charge is 0.328 e. The lowest BCUT2D eigenvalue weighted by Crippen LogP contribution is -2.41. The molecule has 1 aromatic rings. The van der Waals surface area contributed by atoms with E-state index in [-0.39, 0.29) is 5.91 Å². The monoisotopic (exact) mass is 304 g/mol. The number of amides is 1. The molecule has 3 N–H and O–H groups in total. The van der Waals surface area contributed by atoms with Crippen LogP contribution >= 0.6 is 0 Å². The van der Waals surface area contributed by atoms with Crippen molar-refractivity contribution in [3.05, 3.63) is 42.0 Å². The van der Waals surface area contributed by atoms with E-state index in [2.05, 4.69) is 5.32 Å². The van der Waals surface area contributed by atoms with Crippen LogP contribution in [0.5, 0.6) is 0 Å².